The third-order valence-electron chi connectivity index (χ3n) is 4.72. The lowest BCUT2D eigenvalue weighted by Crippen LogP contribution is -2.39. The molecule has 4 rings (SSSR count). The Kier molecular flexibility index (Phi) is 5.04. The van der Waals surface area contributed by atoms with Crippen LogP contribution in [0.2, 0.25) is 0 Å². The second-order valence-electron chi connectivity index (χ2n) is 6.32. The molecule has 1 N–H and O–H groups in total. The molecule has 6 nitrogen and oxygen atoms in total. The average Bonchev–Trinajstić information content (AvgIpc) is 3.07. The number of imidazole rings is 1. The molecule has 0 radical (unpaired) electrons. The van der Waals surface area contributed by atoms with Crippen LogP contribution in [0.5, 0.6) is 5.75 Å². The Labute approximate surface area is 153 Å². The number of fused-ring (bicyclic) bond motifs is 1. The smallest absolute Gasteiger partial charge is 0.139 e. The van der Waals surface area contributed by atoms with E-state index < -0.39 is 0 Å². The second kappa shape index (κ2) is 7.76. The molecule has 0 amide bonds. The minimum absolute atomic E-state index is 0.822. The summed E-state index contributed by atoms with van der Waals surface area (Å²) in [5.41, 5.74) is 2.82. The van der Waals surface area contributed by atoms with E-state index in [-0.39, 0.29) is 0 Å². The number of hydrogen-bond acceptors (Lipinski definition) is 5. The van der Waals surface area contributed by atoms with Crippen LogP contribution in [0.1, 0.15) is 0 Å². The number of methoxy groups -OCH3 is 1. The number of morpholine rings is 1. The Balaban J connectivity index is 1.63. The molecule has 0 aliphatic carbocycles. The quantitative estimate of drug-likeness (QED) is 0.739. The van der Waals surface area contributed by atoms with E-state index in [0.29, 0.717) is 0 Å². The van der Waals surface area contributed by atoms with E-state index in [2.05, 4.69) is 14.6 Å². The maximum atomic E-state index is 5.55. The Hall–Kier alpha value is -2.57. The Bertz CT molecular complexity index is 871. The fourth-order valence-electron chi connectivity index (χ4n) is 3.35. The van der Waals surface area contributed by atoms with Crippen molar-refractivity contribution in [3.8, 4) is 17.0 Å². The molecule has 2 aromatic heterocycles. The highest BCUT2D eigenvalue weighted by Crippen LogP contribution is 2.34. The summed E-state index contributed by atoms with van der Waals surface area (Å²) >= 11 is 0. The van der Waals surface area contributed by atoms with Gasteiger partial charge in [-0.2, -0.15) is 0 Å². The normalized spacial score (nSPS) is 15.3. The Morgan fingerprint density at radius 1 is 1.12 bits per heavy atom. The molecular formula is C20H24N4O2. The number of para-hydroxylation sites is 1. The molecule has 136 valence electrons. The summed E-state index contributed by atoms with van der Waals surface area (Å²) < 4.78 is 13.1. The van der Waals surface area contributed by atoms with Gasteiger partial charge in [-0.15, -0.1) is 0 Å². The summed E-state index contributed by atoms with van der Waals surface area (Å²) in [4.78, 5) is 7.26. The van der Waals surface area contributed by atoms with Gasteiger partial charge in [0, 0.05) is 37.9 Å². The highest BCUT2D eigenvalue weighted by molar-refractivity contribution is 5.80. The topological polar surface area (TPSA) is 51.0 Å². The van der Waals surface area contributed by atoms with Crippen molar-refractivity contribution < 1.29 is 9.47 Å². The second-order valence-corrected chi connectivity index (χ2v) is 6.32. The van der Waals surface area contributed by atoms with Crippen molar-refractivity contribution in [3.05, 3.63) is 48.7 Å². The van der Waals surface area contributed by atoms with E-state index in [1.165, 1.54) is 0 Å². The van der Waals surface area contributed by atoms with Crippen LogP contribution in [0, 0.1) is 0 Å². The molecule has 1 aromatic carbocycles. The van der Waals surface area contributed by atoms with Gasteiger partial charge in [0.15, 0.2) is 0 Å². The number of hydrogen-bond donors (Lipinski definition) is 1. The standard InChI is InChI=1S/C20H24N4O2/c1-25-17-7-3-2-6-16(17)19-20(24-10-5-4-8-18(24)22-19)21-9-11-23-12-14-26-15-13-23/h2-8,10,21H,9,11-15H2,1H3. The summed E-state index contributed by atoms with van der Waals surface area (Å²) in [6.07, 6.45) is 2.04. The molecule has 26 heavy (non-hydrogen) atoms. The molecule has 0 unspecified atom stereocenters. The third-order valence-corrected chi connectivity index (χ3v) is 4.72. The van der Waals surface area contributed by atoms with Gasteiger partial charge >= 0.3 is 0 Å². The van der Waals surface area contributed by atoms with Gasteiger partial charge in [0.2, 0.25) is 0 Å². The van der Waals surface area contributed by atoms with E-state index in [1.807, 2.05) is 48.7 Å². The van der Waals surface area contributed by atoms with Gasteiger partial charge < -0.3 is 14.8 Å². The van der Waals surface area contributed by atoms with Crippen LogP contribution >= 0.6 is 0 Å². The molecule has 1 fully saturated rings. The number of benzene rings is 1. The minimum atomic E-state index is 0.822. The molecule has 0 saturated carbocycles. The van der Waals surface area contributed by atoms with Crippen LogP contribution in [0.15, 0.2) is 48.7 Å². The van der Waals surface area contributed by atoms with Crippen molar-refractivity contribution in [1.29, 1.82) is 0 Å². The first-order valence-corrected chi connectivity index (χ1v) is 9.01. The van der Waals surface area contributed by atoms with Crippen molar-refractivity contribution in [1.82, 2.24) is 14.3 Å². The largest absolute Gasteiger partial charge is 0.496 e. The maximum Gasteiger partial charge on any atom is 0.139 e. The first-order valence-electron chi connectivity index (χ1n) is 9.01. The number of anilines is 1. The van der Waals surface area contributed by atoms with E-state index >= 15 is 0 Å². The zero-order valence-electron chi connectivity index (χ0n) is 15.0. The number of ether oxygens (including phenoxy) is 2. The number of nitrogens with one attached hydrogen (secondary N) is 1. The van der Waals surface area contributed by atoms with Crippen molar-refractivity contribution in [2.75, 3.05) is 51.8 Å². The van der Waals surface area contributed by atoms with E-state index in [1.54, 1.807) is 7.11 Å². The van der Waals surface area contributed by atoms with Crippen molar-refractivity contribution in [2.45, 2.75) is 0 Å². The van der Waals surface area contributed by atoms with Gasteiger partial charge in [0.25, 0.3) is 0 Å². The van der Waals surface area contributed by atoms with Crippen LogP contribution < -0.4 is 10.1 Å². The predicted molar refractivity (Wildman–Crippen MR) is 103 cm³/mol. The fourth-order valence-corrected chi connectivity index (χ4v) is 3.35. The summed E-state index contributed by atoms with van der Waals surface area (Å²) in [5, 5.41) is 3.60. The van der Waals surface area contributed by atoms with Gasteiger partial charge in [-0.05, 0) is 24.3 Å². The summed E-state index contributed by atoms with van der Waals surface area (Å²) in [6, 6.07) is 14.1. The first-order chi connectivity index (χ1) is 12.9. The zero-order valence-corrected chi connectivity index (χ0v) is 15.0. The predicted octanol–water partition coefficient (Wildman–Crippen LogP) is 2.75. The molecule has 1 aliphatic heterocycles. The monoisotopic (exact) mass is 352 g/mol. The number of aromatic nitrogens is 2. The highest BCUT2D eigenvalue weighted by atomic mass is 16.5. The molecule has 3 aromatic rings. The number of pyridine rings is 1. The van der Waals surface area contributed by atoms with Crippen LogP contribution in [0.3, 0.4) is 0 Å². The summed E-state index contributed by atoms with van der Waals surface area (Å²) in [6.45, 7) is 5.46. The molecular weight excluding hydrogens is 328 g/mol. The molecule has 1 saturated heterocycles. The molecule has 6 heteroatoms. The lowest BCUT2D eigenvalue weighted by atomic mass is 10.1. The lowest BCUT2D eigenvalue weighted by Gasteiger charge is -2.26. The fraction of sp³-hybridized carbons (Fsp3) is 0.350. The van der Waals surface area contributed by atoms with Crippen LogP contribution in [0.4, 0.5) is 5.82 Å². The number of nitrogens with zero attached hydrogens (tertiary/aromatic N) is 3. The summed E-state index contributed by atoms with van der Waals surface area (Å²) in [7, 11) is 1.69. The van der Waals surface area contributed by atoms with Crippen LogP contribution in [0.25, 0.3) is 16.9 Å². The van der Waals surface area contributed by atoms with Crippen molar-refractivity contribution in [2.24, 2.45) is 0 Å². The third kappa shape index (κ3) is 3.38. The van der Waals surface area contributed by atoms with Gasteiger partial charge in [0.1, 0.15) is 22.9 Å². The highest BCUT2D eigenvalue weighted by Gasteiger charge is 2.17. The molecule has 1 aliphatic rings. The first kappa shape index (κ1) is 16.9. The van der Waals surface area contributed by atoms with E-state index in [4.69, 9.17) is 14.5 Å². The van der Waals surface area contributed by atoms with Crippen molar-refractivity contribution >= 4 is 11.5 Å². The zero-order chi connectivity index (χ0) is 17.8. The van der Waals surface area contributed by atoms with Crippen LogP contribution in [-0.4, -0.2) is 60.8 Å². The van der Waals surface area contributed by atoms with Gasteiger partial charge in [-0.25, -0.2) is 4.98 Å². The Morgan fingerprint density at radius 3 is 2.77 bits per heavy atom. The molecule has 0 atom stereocenters. The Morgan fingerprint density at radius 2 is 1.92 bits per heavy atom. The average molecular weight is 352 g/mol. The summed E-state index contributed by atoms with van der Waals surface area (Å²) in [5.74, 6) is 1.82. The van der Waals surface area contributed by atoms with Crippen LogP contribution in [-0.2, 0) is 4.74 Å². The van der Waals surface area contributed by atoms with Gasteiger partial charge in [0.05, 0.1) is 20.3 Å². The van der Waals surface area contributed by atoms with E-state index in [9.17, 15) is 0 Å². The van der Waals surface area contributed by atoms with Gasteiger partial charge in [-0.3, -0.25) is 9.30 Å². The molecule has 0 bridgehead atoms. The maximum absolute atomic E-state index is 5.55. The SMILES string of the molecule is COc1ccccc1-c1nc2ccccn2c1NCCN1CCOCC1. The van der Waals surface area contributed by atoms with Gasteiger partial charge in [-0.1, -0.05) is 18.2 Å². The lowest BCUT2D eigenvalue weighted by molar-refractivity contribution is 0.0398. The number of rotatable bonds is 6. The minimum Gasteiger partial charge on any atom is -0.496 e. The van der Waals surface area contributed by atoms with E-state index in [0.717, 1.165) is 67.9 Å². The molecule has 0 spiro atoms. The van der Waals surface area contributed by atoms with Crippen molar-refractivity contribution in [3.63, 3.8) is 0 Å². The molecule has 3 heterocycles.